The average molecular weight is 256 g/mol. The second-order valence-corrected chi connectivity index (χ2v) is 5.31. The summed E-state index contributed by atoms with van der Waals surface area (Å²) in [6.45, 7) is 1.16. The van der Waals surface area contributed by atoms with Crippen LogP contribution in [-0.2, 0) is 4.74 Å². The van der Waals surface area contributed by atoms with E-state index in [1.165, 1.54) is 11.1 Å². The van der Waals surface area contributed by atoms with Gasteiger partial charge in [-0.3, -0.25) is 0 Å². The van der Waals surface area contributed by atoms with Gasteiger partial charge in [0.15, 0.2) is 0 Å². The van der Waals surface area contributed by atoms with Crippen LogP contribution in [-0.4, -0.2) is 34.0 Å². The predicted molar refractivity (Wildman–Crippen MR) is 70.7 cm³/mol. The second-order valence-electron chi connectivity index (χ2n) is 5.31. The molecule has 1 saturated heterocycles. The van der Waals surface area contributed by atoms with Crippen LogP contribution in [0.2, 0.25) is 0 Å². The lowest BCUT2D eigenvalue weighted by atomic mass is 9.85. The molecule has 1 fully saturated rings. The summed E-state index contributed by atoms with van der Waals surface area (Å²) in [5.74, 6) is 0.199. The Morgan fingerprint density at radius 3 is 3.11 bits per heavy atom. The van der Waals surface area contributed by atoms with Gasteiger partial charge in [0, 0.05) is 18.1 Å². The van der Waals surface area contributed by atoms with Gasteiger partial charge in [0.25, 0.3) is 0 Å². The van der Waals surface area contributed by atoms with Gasteiger partial charge in [-0.05, 0) is 12.0 Å². The van der Waals surface area contributed by atoms with Crippen LogP contribution in [0.5, 0.6) is 0 Å². The number of benzene rings is 1. The topological polar surface area (TPSA) is 47.3 Å². The molecule has 2 aliphatic rings. The lowest BCUT2D eigenvalue weighted by molar-refractivity contribution is -0.0540. The quantitative estimate of drug-likeness (QED) is 0.847. The Balaban J connectivity index is 1.84. The molecule has 1 aromatic carbocycles. The number of aliphatic hydroxyl groups excluding tert-OH is 1. The van der Waals surface area contributed by atoms with Crippen molar-refractivity contribution in [1.82, 2.24) is 9.55 Å². The molecule has 4 nitrogen and oxygen atoms in total. The second kappa shape index (κ2) is 4.18. The molecule has 0 unspecified atom stereocenters. The molecule has 19 heavy (non-hydrogen) atoms. The first-order chi connectivity index (χ1) is 9.36. The third kappa shape index (κ3) is 1.57. The van der Waals surface area contributed by atoms with E-state index in [2.05, 4.69) is 33.8 Å². The van der Waals surface area contributed by atoms with Gasteiger partial charge in [-0.25, -0.2) is 4.98 Å². The summed E-state index contributed by atoms with van der Waals surface area (Å²) in [5.41, 5.74) is 3.69. The fraction of sp³-hybridized carbons (Fsp3) is 0.400. The first-order valence-corrected chi connectivity index (χ1v) is 6.73. The highest BCUT2D eigenvalue weighted by molar-refractivity contribution is 5.69. The maximum Gasteiger partial charge on any atom is 0.0956 e. The van der Waals surface area contributed by atoms with Crippen molar-refractivity contribution in [3.05, 3.63) is 42.4 Å². The molecule has 3 heterocycles. The molecular weight excluding hydrogens is 240 g/mol. The fourth-order valence-electron chi connectivity index (χ4n) is 3.42. The molecule has 0 radical (unpaired) electrons. The van der Waals surface area contributed by atoms with Crippen LogP contribution >= 0.6 is 0 Å². The summed E-state index contributed by atoms with van der Waals surface area (Å²) in [7, 11) is 0. The zero-order valence-electron chi connectivity index (χ0n) is 10.6. The van der Waals surface area contributed by atoms with Gasteiger partial charge in [-0.2, -0.15) is 0 Å². The number of ether oxygens (including phenoxy) is 1. The maximum atomic E-state index is 10.3. The number of fused-ring (bicyclic) bond motifs is 3. The third-order valence-electron chi connectivity index (χ3n) is 4.31. The SMILES string of the molecule is O[C@@H]1COCC[C@@H]1[C@H]1c2ccccc2-c2cncn21. The van der Waals surface area contributed by atoms with E-state index in [9.17, 15) is 5.11 Å². The largest absolute Gasteiger partial charge is 0.390 e. The van der Waals surface area contributed by atoms with Crippen molar-refractivity contribution in [2.24, 2.45) is 5.92 Å². The normalized spacial score (nSPS) is 29.0. The summed E-state index contributed by atoms with van der Waals surface area (Å²) >= 11 is 0. The molecular formula is C15H16N2O2. The number of rotatable bonds is 1. The molecule has 1 aromatic heterocycles. The molecule has 98 valence electrons. The lowest BCUT2D eigenvalue weighted by Gasteiger charge is -2.33. The molecule has 0 aliphatic carbocycles. The zero-order valence-corrected chi connectivity index (χ0v) is 10.6. The molecule has 0 saturated carbocycles. The number of imidazole rings is 1. The highest BCUT2D eigenvalue weighted by Crippen LogP contribution is 2.45. The van der Waals surface area contributed by atoms with E-state index in [-0.39, 0.29) is 12.0 Å². The summed E-state index contributed by atoms with van der Waals surface area (Å²) in [6, 6.07) is 8.60. The first-order valence-electron chi connectivity index (χ1n) is 6.73. The Bertz CT molecular complexity index is 608. The molecule has 2 aromatic rings. The Kier molecular flexibility index (Phi) is 2.47. The van der Waals surface area contributed by atoms with E-state index in [0.29, 0.717) is 6.61 Å². The minimum Gasteiger partial charge on any atom is -0.390 e. The van der Waals surface area contributed by atoms with Crippen LogP contribution in [0.25, 0.3) is 11.3 Å². The molecule has 2 aliphatic heterocycles. The number of hydrogen-bond donors (Lipinski definition) is 1. The van der Waals surface area contributed by atoms with E-state index >= 15 is 0 Å². The van der Waals surface area contributed by atoms with E-state index in [1.54, 1.807) is 0 Å². The summed E-state index contributed by atoms with van der Waals surface area (Å²) in [4.78, 5) is 4.26. The van der Waals surface area contributed by atoms with Crippen molar-refractivity contribution < 1.29 is 9.84 Å². The van der Waals surface area contributed by atoms with E-state index in [1.807, 2.05) is 12.5 Å². The van der Waals surface area contributed by atoms with Crippen molar-refractivity contribution in [2.45, 2.75) is 18.6 Å². The number of hydrogen-bond acceptors (Lipinski definition) is 3. The molecule has 1 N–H and O–H groups in total. The minimum atomic E-state index is -0.403. The van der Waals surface area contributed by atoms with Gasteiger partial charge in [-0.15, -0.1) is 0 Å². The van der Waals surface area contributed by atoms with Crippen LogP contribution in [0.15, 0.2) is 36.8 Å². The monoisotopic (exact) mass is 256 g/mol. The van der Waals surface area contributed by atoms with Crippen molar-refractivity contribution >= 4 is 0 Å². The Morgan fingerprint density at radius 2 is 2.21 bits per heavy atom. The molecule has 0 amide bonds. The highest BCUT2D eigenvalue weighted by Gasteiger charge is 2.38. The molecule has 0 spiro atoms. The van der Waals surface area contributed by atoms with Crippen LogP contribution in [0.1, 0.15) is 18.0 Å². The maximum absolute atomic E-state index is 10.3. The summed E-state index contributed by atoms with van der Waals surface area (Å²) < 4.78 is 7.55. The van der Waals surface area contributed by atoms with E-state index < -0.39 is 6.10 Å². The van der Waals surface area contributed by atoms with Crippen LogP contribution in [0.3, 0.4) is 0 Å². The number of aliphatic hydroxyl groups is 1. The fourth-order valence-corrected chi connectivity index (χ4v) is 3.42. The Morgan fingerprint density at radius 1 is 1.32 bits per heavy atom. The zero-order chi connectivity index (χ0) is 12.8. The van der Waals surface area contributed by atoms with Gasteiger partial charge >= 0.3 is 0 Å². The van der Waals surface area contributed by atoms with Crippen molar-refractivity contribution in [3.63, 3.8) is 0 Å². The van der Waals surface area contributed by atoms with Crippen molar-refractivity contribution in [3.8, 4) is 11.3 Å². The van der Waals surface area contributed by atoms with Crippen LogP contribution in [0.4, 0.5) is 0 Å². The van der Waals surface area contributed by atoms with Gasteiger partial charge in [0.05, 0.1) is 37.0 Å². The summed E-state index contributed by atoms with van der Waals surface area (Å²) in [6.07, 6.45) is 4.27. The number of aromatic nitrogens is 2. The van der Waals surface area contributed by atoms with Crippen LogP contribution in [0, 0.1) is 5.92 Å². The first kappa shape index (κ1) is 11.2. The standard InChI is InChI=1S/C15H16N2O2/c18-14-8-19-6-5-12(14)15-11-4-2-1-3-10(11)13-7-16-9-17(13)15/h1-4,7,9,12,14-15,18H,5-6,8H2/t12-,14+,15+/m0/s1. The lowest BCUT2D eigenvalue weighted by Crippen LogP contribution is -2.37. The van der Waals surface area contributed by atoms with E-state index in [0.717, 1.165) is 18.7 Å². The van der Waals surface area contributed by atoms with E-state index in [4.69, 9.17) is 4.74 Å². The molecule has 4 heteroatoms. The van der Waals surface area contributed by atoms with Gasteiger partial charge in [0.2, 0.25) is 0 Å². The van der Waals surface area contributed by atoms with Gasteiger partial charge in [-0.1, -0.05) is 24.3 Å². The predicted octanol–water partition coefficient (Wildman–Crippen LogP) is 1.85. The van der Waals surface area contributed by atoms with Crippen LogP contribution < -0.4 is 0 Å². The summed E-state index contributed by atoms with van der Waals surface area (Å²) in [5, 5.41) is 10.3. The Labute approximate surface area is 111 Å². The molecule has 0 bridgehead atoms. The molecule has 4 rings (SSSR count). The third-order valence-corrected chi connectivity index (χ3v) is 4.31. The van der Waals surface area contributed by atoms with Crippen molar-refractivity contribution in [1.29, 1.82) is 0 Å². The minimum absolute atomic E-state index is 0.188. The average Bonchev–Trinajstić information content (AvgIpc) is 3.00. The molecule has 3 atom stereocenters. The van der Waals surface area contributed by atoms with Gasteiger partial charge in [0.1, 0.15) is 0 Å². The van der Waals surface area contributed by atoms with Crippen molar-refractivity contribution in [2.75, 3.05) is 13.2 Å². The highest BCUT2D eigenvalue weighted by atomic mass is 16.5. The smallest absolute Gasteiger partial charge is 0.0956 e. The van der Waals surface area contributed by atoms with Gasteiger partial charge < -0.3 is 14.4 Å². The Hall–Kier alpha value is -1.65. The number of nitrogens with zero attached hydrogens (tertiary/aromatic N) is 2.